The molecule has 188 valence electrons. The summed E-state index contributed by atoms with van der Waals surface area (Å²) < 4.78 is 41.9. The molecule has 0 radical (unpaired) electrons. The maximum absolute atomic E-state index is 12.5. The van der Waals surface area contributed by atoms with Gasteiger partial charge in [-0.3, -0.25) is 4.79 Å². The minimum atomic E-state index is -3.32. The molecule has 0 aliphatic carbocycles. The van der Waals surface area contributed by atoms with Crippen molar-refractivity contribution in [2.75, 3.05) is 38.4 Å². The number of anilines is 2. The Bertz CT molecular complexity index is 1440. The third-order valence-electron chi connectivity index (χ3n) is 6.28. The maximum Gasteiger partial charge on any atom is 0.259 e. The zero-order chi connectivity index (χ0) is 25.6. The Labute approximate surface area is 213 Å². The van der Waals surface area contributed by atoms with Crippen molar-refractivity contribution in [3.8, 4) is 17.1 Å². The molecule has 3 heterocycles. The fourth-order valence-corrected chi connectivity index (χ4v) is 6.19. The van der Waals surface area contributed by atoms with Gasteiger partial charge >= 0.3 is 0 Å². The van der Waals surface area contributed by atoms with Crippen LogP contribution in [0.4, 0.5) is 11.5 Å². The molecule has 0 N–H and O–H groups in total. The van der Waals surface area contributed by atoms with E-state index in [1.807, 2.05) is 18.2 Å². The van der Waals surface area contributed by atoms with Crippen LogP contribution < -0.4 is 9.64 Å². The van der Waals surface area contributed by atoms with E-state index in [1.165, 1.54) is 11.2 Å². The van der Waals surface area contributed by atoms with Gasteiger partial charge in [0.05, 0.1) is 10.5 Å². The van der Waals surface area contributed by atoms with E-state index < -0.39 is 21.0 Å². The van der Waals surface area contributed by atoms with E-state index in [9.17, 15) is 17.8 Å². The first-order valence-electron chi connectivity index (χ1n) is 11.4. The summed E-state index contributed by atoms with van der Waals surface area (Å²) >= 11 is -1.06. The van der Waals surface area contributed by atoms with E-state index in [-0.39, 0.29) is 17.4 Å². The molecule has 5 rings (SSSR count). The van der Waals surface area contributed by atoms with Crippen LogP contribution in [0.25, 0.3) is 11.4 Å². The lowest BCUT2D eigenvalue weighted by Crippen LogP contribution is -2.27. The van der Waals surface area contributed by atoms with Gasteiger partial charge in [-0.05, 0) is 53.5 Å². The molecule has 11 heteroatoms. The average Bonchev–Trinajstić information content (AvgIpc) is 3.43. The van der Waals surface area contributed by atoms with E-state index >= 15 is 0 Å². The van der Waals surface area contributed by atoms with Crippen LogP contribution >= 0.6 is 0 Å². The first kappa shape index (κ1) is 24.5. The second-order valence-electron chi connectivity index (χ2n) is 9.09. The highest BCUT2D eigenvalue weighted by Gasteiger charge is 2.33. The van der Waals surface area contributed by atoms with Gasteiger partial charge in [-0.2, -0.15) is 0 Å². The van der Waals surface area contributed by atoms with Gasteiger partial charge in [0, 0.05) is 44.2 Å². The standard InChI is InChI=1S/C25H26N4O5S2/c1-28(2)23(30)13-34-18-7-4-16-10-11-29(22(16)12-18)25-20-14-35(31)15-21(20)26-24(27-25)17-5-8-19(9-6-17)36(3,32)33/h4-9,12H,10-11,13-15H2,1-3H3. The van der Waals surface area contributed by atoms with Crippen molar-refractivity contribution in [2.24, 2.45) is 0 Å². The topological polar surface area (TPSA) is 116 Å². The van der Waals surface area contributed by atoms with E-state index in [0.29, 0.717) is 41.0 Å². The molecule has 9 nitrogen and oxygen atoms in total. The lowest BCUT2D eigenvalue weighted by Gasteiger charge is -2.22. The number of nitrogens with zero attached hydrogens (tertiary/aromatic N) is 4. The number of carbonyl (C=O) groups excluding carboxylic acids is 1. The van der Waals surface area contributed by atoms with Crippen molar-refractivity contribution in [1.29, 1.82) is 0 Å². The molecule has 36 heavy (non-hydrogen) atoms. The molecule has 0 spiro atoms. The highest BCUT2D eigenvalue weighted by molar-refractivity contribution is 7.90. The second kappa shape index (κ2) is 9.38. The molecule has 0 saturated carbocycles. The molecule has 1 atom stereocenters. The van der Waals surface area contributed by atoms with Crippen molar-refractivity contribution in [3.05, 3.63) is 59.3 Å². The van der Waals surface area contributed by atoms with Crippen LogP contribution in [-0.4, -0.2) is 67.2 Å². The molecule has 2 aromatic carbocycles. The first-order chi connectivity index (χ1) is 17.1. The van der Waals surface area contributed by atoms with E-state index in [4.69, 9.17) is 9.72 Å². The summed E-state index contributed by atoms with van der Waals surface area (Å²) in [5, 5.41) is 0. The predicted molar refractivity (Wildman–Crippen MR) is 137 cm³/mol. The molecule has 0 bridgehead atoms. The van der Waals surface area contributed by atoms with Crippen LogP contribution in [0.5, 0.6) is 5.75 Å². The molecule has 0 saturated heterocycles. The van der Waals surface area contributed by atoms with Crippen molar-refractivity contribution in [3.63, 3.8) is 0 Å². The molecule has 1 unspecified atom stereocenters. The number of aromatic nitrogens is 2. The minimum Gasteiger partial charge on any atom is -0.616 e. The van der Waals surface area contributed by atoms with Crippen LogP contribution in [0.3, 0.4) is 0 Å². The monoisotopic (exact) mass is 526 g/mol. The van der Waals surface area contributed by atoms with E-state index in [0.717, 1.165) is 28.9 Å². The highest BCUT2D eigenvalue weighted by atomic mass is 32.2. The fourth-order valence-electron chi connectivity index (χ4n) is 4.30. The van der Waals surface area contributed by atoms with E-state index in [2.05, 4.69) is 9.88 Å². The van der Waals surface area contributed by atoms with Crippen LogP contribution in [0.1, 0.15) is 16.8 Å². The summed E-state index contributed by atoms with van der Waals surface area (Å²) in [6.45, 7) is 0.638. The zero-order valence-electron chi connectivity index (χ0n) is 20.2. The number of fused-ring (bicyclic) bond motifs is 2. The Morgan fingerprint density at radius 2 is 1.89 bits per heavy atom. The summed E-state index contributed by atoms with van der Waals surface area (Å²) in [6, 6.07) is 12.2. The third-order valence-corrected chi connectivity index (χ3v) is 8.62. The maximum atomic E-state index is 12.5. The first-order valence-corrected chi connectivity index (χ1v) is 14.8. The average molecular weight is 527 g/mol. The third kappa shape index (κ3) is 4.78. The van der Waals surface area contributed by atoms with Gasteiger partial charge in [0.1, 0.15) is 28.8 Å². The number of hydrogen-bond acceptors (Lipinski definition) is 8. The number of carbonyl (C=O) groups is 1. The second-order valence-corrected chi connectivity index (χ2v) is 12.6. The number of hydrogen-bond donors (Lipinski definition) is 0. The fraction of sp³-hybridized carbons (Fsp3) is 0.320. The van der Waals surface area contributed by atoms with Gasteiger partial charge in [-0.15, -0.1) is 0 Å². The van der Waals surface area contributed by atoms with Crippen molar-refractivity contribution < 1.29 is 22.5 Å². The lowest BCUT2D eigenvalue weighted by atomic mass is 10.1. The molecule has 0 fully saturated rings. The molecular formula is C25H26N4O5S2. The smallest absolute Gasteiger partial charge is 0.259 e. The molecule has 1 amide bonds. The van der Waals surface area contributed by atoms with Crippen LogP contribution in [-0.2, 0) is 43.7 Å². The Hall–Kier alpha value is -3.15. The van der Waals surface area contributed by atoms with Gasteiger partial charge in [-0.25, -0.2) is 18.4 Å². The summed E-state index contributed by atoms with van der Waals surface area (Å²) in [7, 11) is 0.0478. The predicted octanol–water partition coefficient (Wildman–Crippen LogP) is 2.47. The molecular weight excluding hydrogens is 500 g/mol. The van der Waals surface area contributed by atoms with Crippen LogP contribution in [0, 0.1) is 0 Å². The number of rotatable bonds is 6. The quantitative estimate of drug-likeness (QED) is 0.450. The Kier molecular flexibility index (Phi) is 6.39. The summed E-state index contributed by atoms with van der Waals surface area (Å²) in [4.78, 5) is 25.3. The largest absolute Gasteiger partial charge is 0.616 e. The number of benzene rings is 2. The van der Waals surface area contributed by atoms with Crippen molar-refractivity contribution in [1.82, 2.24) is 14.9 Å². The highest BCUT2D eigenvalue weighted by Crippen LogP contribution is 2.41. The Morgan fingerprint density at radius 1 is 1.14 bits per heavy atom. The SMILES string of the molecule is CN(C)C(=O)COc1ccc2c(c1)N(c1nc(-c3ccc(S(C)(=O)=O)cc3)nc3c1C[S+]([O-])C3)CC2. The summed E-state index contributed by atoms with van der Waals surface area (Å²) in [5.41, 5.74) is 4.36. The van der Waals surface area contributed by atoms with Crippen molar-refractivity contribution >= 4 is 38.4 Å². The summed E-state index contributed by atoms with van der Waals surface area (Å²) in [6.07, 6.45) is 1.98. The van der Waals surface area contributed by atoms with Gasteiger partial charge in [0.25, 0.3) is 5.91 Å². The number of sulfone groups is 1. The molecule has 2 aliphatic rings. The normalized spacial score (nSPS) is 16.6. The zero-order valence-corrected chi connectivity index (χ0v) is 21.9. The van der Waals surface area contributed by atoms with Gasteiger partial charge < -0.3 is 19.1 Å². The molecule has 3 aromatic rings. The van der Waals surface area contributed by atoms with Crippen LogP contribution in [0.15, 0.2) is 47.4 Å². The Balaban J connectivity index is 1.52. The number of likely N-dealkylation sites (N-methyl/N-ethyl adjacent to an activating group) is 1. The van der Waals surface area contributed by atoms with E-state index in [1.54, 1.807) is 38.4 Å². The minimum absolute atomic E-state index is 0.0543. The molecule has 1 aromatic heterocycles. The number of amides is 1. The van der Waals surface area contributed by atoms with Crippen molar-refractivity contribution in [2.45, 2.75) is 22.8 Å². The molecule has 2 aliphatic heterocycles. The lowest BCUT2D eigenvalue weighted by molar-refractivity contribution is -0.130. The summed E-state index contributed by atoms with van der Waals surface area (Å²) in [5.74, 6) is 2.36. The number of ether oxygens (including phenoxy) is 1. The van der Waals surface area contributed by atoms with Crippen LogP contribution in [0.2, 0.25) is 0 Å². The van der Waals surface area contributed by atoms with Gasteiger partial charge in [0.15, 0.2) is 22.3 Å². The van der Waals surface area contributed by atoms with Gasteiger partial charge in [0.2, 0.25) is 0 Å². The van der Waals surface area contributed by atoms with Gasteiger partial charge in [-0.1, -0.05) is 6.07 Å². The Morgan fingerprint density at radius 3 is 2.58 bits per heavy atom.